The van der Waals surface area contributed by atoms with Crippen LogP contribution in [0.2, 0.25) is 0 Å². The molecule has 0 spiro atoms. The predicted molar refractivity (Wildman–Crippen MR) is 52.9 cm³/mol. The summed E-state index contributed by atoms with van der Waals surface area (Å²) in [5, 5.41) is 1.76. The number of nitrogens with zero attached hydrogens (tertiary/aromatic N) is 1. The first-order valence-electron chi connectivity index (χ1n) is 4.10. The average molecular weight is 274 g/mol. The van der Waals surface area contributed by atoms with Gasteiger partial charge in [-0.3, -0.25) is 4.79 Å². The van der Waals surface area contributed by atoms with Crippen LogP contribution in [0, 0.1) is 0 Å². The molecule has 0 radical (unpaired) electrons. The zero-order valence-corrected chi connectivity index (χ0v) is 9.45. The van der Waals surface area contributed by atoms with Crippen LogP contribution >= 0.6 is 22.9 Å². The van der Waals surface area contributed by atoms with Crippen LogP contribution in [0.5, 0.6) is 0 Å². The minimum atomic E-state index is -4.36. The molecule has 1 heterocycles. The molecule has 1 aromatic heterocycles. The molecule has 0 saturated heterocycles. The summed E-state index contributed by atoms with van der Waals surface area (Å²) in [4.78, 5) is 14.8. The number of halogens is 4. The van der Waals surface area contributed by atoms with Crippen LogP contribution in [0.15, 0.2) is 5.38 Å². The number of rotatable bonds is 5. The molecule has 8 heteroatoms. The normalized spacial score (nSPS) is 11.8. The Labute approximate surface area is 98.2 Å². The van der Waals surface area contributed by atoms with Crippen molar-refractivity contribution in [1.82, 2.24) is 4.98 Å². The number of aromatic nitrogens is 1. The number of hydrogen-bond acceptors (Lipinski definition) is 4. The lowest BCUT2D eigenvalue weighted by Crippen LogP contribution is -2.16. The maximum Gasteiger partial charge on any atom is 0.411 e. The Morgan fingerprint density at radius 1 is 1.56 bits per heavy atom. The fourth-order valence-electron chi connectivity index (χ4n) is 0.828. The molecule has 0 aliphatic heterocycles. The molecule has 0 unspecified atom stereocenters. The van der Waals surface area contributed by atoms with E-state index in [1.807, 2.05) is 0 Å². The van der Waals surface area contributed by atoms with Gasteiger partial charge in [-0.1, -0.05) is 0 Å². The van der Waals surface area contributed by atoms with Crippen molar-refractivity contribution in [2.75, 3.05) is 12.5 Å². The standard InChI is InChI=1S/C8H7ClF3NO2S/c9-1-6(14)5-3-16-7(13-5)2-15-4-8(10,11)12/h3H,1-2,4H2. The summed E-state index contributed by atoms with van der Waals surface area (Å²) in [6.07, 6.45) is -4.36. The summed E-state index contributed by atoms with van der Waals surface area (Å²) in [6, 6.07) is 0. The van der Waals surface area contributed by atoms with Crippen LogP contribution in [0.3, 0.4) is 0 Å². The van der Waals surface area contributed by atoms with Crippen molar-refractivity contribution in [3.05, 3.63) is 16.1 Å². The topological polar surface area (TPSA) is 39.2 Å². The molecule has 16 heavy (non-hydrogen) atoms. The molecule has 0 amide bonds. The molecule has 0 bridgehead atoms. The van der Waals surface area contributed by atoms with E-state index in [9.17, 15) is 18.0 Å². The molecule has 0 aromatic carbocycles. The second-order valence-corrected chi connectivity index (χ2v) is 4.00. The van der Waals surface area contributed by atoms with Crippen molar-refractivity contribution in [2.45, 2.75) is 12.8 Å². The molecule has 1 aromatic rings. The molecule has 0 N–H and O–H groups in total. The lowest BCUT2D eigenvalue weighted by molar-refractivity contribution is -0.176. The first-order valence-corrected chi connectivity index (χ1v) is 5.52. The van der Waals surface area contributed by atoms with Gasteiger partial charge in [-0.05, 0) is 0 Å². The van der Waals surface area contributed by atoms with Crippen LogP contribution in [-0.2, 0) is 11.3 Å². The van der Waals surface area contributed by atoms with E-state index in [1.165, 1.54) is 5.38 Å². The highest BCUT2D eigenvalue weighted by atomic mass is 35.5. The largest absolute Gasteiger partial charge is 0.411 e. The molecule has 1 rings (SSSR count). The Hall–Kier alpha value is -0.660. The van der Waals surface area contributed by atoms with Gasteiger partial charge >= 0.3 is 6.18 Å². The number of ketones is 1. The van der Waals surface area contributed by atoms with E-state index in [2.05, 4.69) is 9.72 Å². The summed E-state index contributed by atoms with van der Waals surface area (Å²) in [7, 11) is 0. The SMILES string of the molecule is O=C(CCl)c1csc(COCC(F)(F)F)n1. The van der Waals surface area contributed by atoms with Gasteiger partial charge in [-0.25, -0.2) is 4.98 Å². The van der Waals surface area contributed by atoms with E-state index in [0.29, 0.717) is 5.01 Å². The van der Waals surface area contributed by atoms with Crippen LogP contribution in [-0.4, -0.2) is 29.4 Å². The molecule has 0 aliphatic rings. The van der Waals surface area contributed by atoms with Crippen molar-refractivity contribution in [3.63, 3.8) is 0 Å². The molecule has 0 fully saturated rings. The van der Waals surface area contributed by atoms with Gasteiger partial charge < -0.3 is 4.74 Å². The van der Waals surface area contributed by atoms with Gasteiger partial charge in [0.15, 0.2) is 5.78 Å². The number of carbonyl (C=O) groups excluding carboxylic acids is 1. The highest BCUT2D eigenvalue weighted by molar-refractivity contribution is 7.09. The number of ether oxygens (including phenoxy) is 1. The lowest BCUT2D eigenvalue weighted by Gasteiger charge is -2.05. The smallest absolute Gasteiger partial charge is 0.365 e. The number of alkyl halides is 4. The molecular weight excluding hydrogens is 267 g/mol. The van der Waals surface area contributed by atoms with E-state index >= 15 is 0 Å². The zero-order chi connectivity index (χ0) is 12.2. The number of thiazole rings is 1. The summed E-state index contributed by atoms with van der Waals surface area (Å²) in [6.45, 7) is -1.59. The van der Waals surface area contributed by atoms with Gasteiger partial charge in [-0.15, -0.1) is 22.9 Å². The summed E-state index contributed by atoms with van der Waals surface area (Å²) >= 11 is 6.36. The third-order valence-electron chi connectivity index (χ3n) is 1.45. The van der Waals surface area contributed by atoms with E-state index in [-0.39, 0.29) is 24.0 Å². The van der Waals surface area contributed by atoms with Gasteiger partial charge in [0.2, 0.25) is 0 Å². The number of hydrogen-bond donors (Lipinski definition) is 0. The minimum Gasteiger partial charge on any atom is -0.365 e. The van der Waals surface area contributed by atoms with Gasteiger partial charge in [0.1, 0.15) is 17.3 Å². The fourth-order valence-corrected chi connectivity index (χ4v) is 1.70. The predicted octanol–water partition coefficient (Wildman–Crippen LogP) is 2.64. The van der Waals surface area contributed by atoms with Crippen molar-refractivity contribution in [2.24, 2.45) is 0 Å². The zero-order valence-electron chi connectivity index (χ0n) is 7.88. The third kappa shape index (κ3) is 4.46. The number of carbonyl (C=O) groups is 1. The highest BCUT2D eigenvalue weighted by Gasteiger charge is 2.27. The Balaban J connectivity index is 2.44. The summed E-state index contributed by atoms with van der Waals surface area (Å²) in [5.41, 5.74) is 0.158. The molecule has 0 aliphatic carbocycles. The Kier molecular flexibility index (Phi) is 4.69. The monoisotopic (exact) mass is 273 g/mol. The van der Waals surface area contributed by atoms with Gasteiger partial charge in [0.05, 0.1) is 12.5 Å². The molecule has 0 saturated carbocycles. The van der Waals surface area contributed by atoms with E-state index in [1.54, 1.807) is 0 Å². The van der Waals surface area contributed by atoms with E-state index in [0.717, 1.165) is 11.3 Å². The van der Waals surface area contributed by atoms with E-state index in [4.69, 9.17) is 11.6 Å². The maximum absolute atomic E-state index is 11.7. The third-order valence-corrected chi connectivity index (χ3v) is 2.52. The lowest BCUT2D eigenvalue weighted by atomic mass is 10.3. The second kappa shape index (κ2) is 5.60. The summed E-state index contributed by atoms with van der Waals surface area (Å²) in [5.74, 6) is -0.563. The van der Waals surface area contributed by atoms with Crippen LogP contribution < -0.4 is 0 Å². The van der Waals surface area contributed by atoms with Gasteiger partial charge in [-0.2, -0.15) is 13.2 Å². The van der Waals surface area contributed by atoms with Gasteiger partial charge in [0.25, 0.3) is 0 Å². The van der Waals surface area contributed by atoms with Crippen molar-refractivity contribution in [3.8, 4) is 0 Å². The molecule has 90 valence electrons. The molecule has 3 nitrogen and oxygen atoms in total. The van der Waals surface area contributed by atoms with Gasteiger partial charge in [0, 0.05) is 5.38 Å². The second-order valence-electron chi connectivity index (χ2n) is 2.79. The van der Waals surface area contributed by atoms with Crippen LogP contribution in [0.25, 0.3) is 0 Å². The number of Topliss-reactive ketones (excluding diaryl/α,β-unsaturated/α-hetero) is 1. The average Bonchev–Trinajstić information content (AvgIpc) is 2.63. The quantitative estimate of drug-likeness (QED) is 0.611. The molecule has 0 atom stereocenters. The first-order chi connectivity index (χ1) is 7.42. The highest BCUT2D eigenvalue weighted by Crippen LogP contribution is 2.17. The first kappa shape index (κ1) is 13.4. The maximum atomic E-state index is 11.7. The van der Waals surface area contributed by atoms with Crippen LogP contribution in [0.4, 0.5) is 13.2 Å². The van der Waals surface area contributed by atoms with Crippen molar-refractivity contribution >= 4 is 28.7 Å². The Bertz CT molecular complexity index is 366. The Morgan fingerprint density at radius 3 is 2.81 bits per heavy atom. The van der Waals surface area contributed by atoms with E-state index < -0.39 is 12.8 Å². The summed E-state index contributed by atoms with van der Waals surface area (Å²) < 4.78 is 39.6. The molecular formula is C8H7ClF3NO2S. The van der Waals surface area contributed by atoms with Crippen molar-refractivity contribution in [1.29, 1.82) is 0 Å². The Morgan fingerprint density at radius 2 is 2.25 bits per heavy atom. The minimum absolute atomic E-state index is 0.158. The van der Waals surface area contributed by atoms with Crippen LogP contribution in [0.1, 0.15) is 15.5 Å². The van der Waals surface area contributed by atoms with Crippen molar-refractivity contribution < 1.29 is 22.7 Å². The fraction of sp³-hybridized carbons (Fsp3) is 0.500.